The molecule has 0 aromatic heterocycles. The van der Waals surface area contributed by atoms with Gasteiger partial charge in [-0.25, -0.2) is 0 Å². The Morgan fingerprint density at radius 2 is 1.72 bits per heavy atom. The van der Waals surface area contributed by atoms with E-state index in [1.807, 2.05) is 0 Å². The molecule has 102 valence electrons. The summed E-state index contributed by atoms with van der Waals surface area (Å²) in [6.45, 7) is 18.3. The highest BCUT2D eigenvalue weighted by Crippen LogP contribution is 2.39. The smallest absolute Gasteiger partial charge is 0.0621 e. The lowest BCUT2D eigenvalue weighted by Gasteiger charge is -2.50. The summed E-state index contributed by atoms with van der Waals surface area (Å²) in [6.07, 6.45) is 1.17. The zero-order valence-corrected chi connectivity index (χ0v) is 13.1. The molecule has 1 unspecified atom stereocenters. The van der Waals surface area contributed by atoms with Crippen LogP contribution in [0, 0.1) is 5.41 Å². The van der Waals surface area contributed by atoms with Crippen LogP contribution >= 0.6 is 0 Å². The lowest BCUT2D eigenvalue weighted by Crippen LogP contribution is -2.56. The molecule has 2 aliphatic heterocycles. The van der Waals surface area contributed by atoms with Crippen molar-refractivity contribution < 1.29 is 0 Å². The highest BCUT2D eigenvalue weighted by molar-refractivity contribution is 6.01. The fourth-order valence-corrected chi connectivity index (χ4v) is 3.20. The zero-order chi connectivity index (χ0) is 13.7. The van der Waals surface area contributed by atoms with Gasteiger partial charge in [0, 0.05) is 23.8 Å². The molecule has 0 radical (unpaired) electrons. The second-order valence-electron chi connectivity index (χ2n) is 7.87. The summed E-state index contributed by atoms with van der Waals surface area (Å²) >= 11 is 0. The molecule has 1 atom stereocenters. The SMILES string of the molecule is CC1=NCC2=C1CC(C(C)(C)C)N(C(C)(C)C)C2. The van der Waals surface area contributed by atoms with Crippen molar-refractivity contribution in [1.82, 2.24) is 4.90 Å². The molecule has 2 heteroatoms. The minimum absolute atomic E-state index is 0.229. The molecule has 0 spiro atoms. The molecule has 2 rings (SSSR count). The molecule has 2 nitrogen and oxygen atoms in total. The molecule has 0 fully saturated rings. The van der Waals surface area contributed by atoms with E-state index >= 15 is 0 Å². The van der Waals surface area contributed by atoms with Gasteiger partial charge in [0.25, 0.3) is 0 Å². The predicted molar refractivity (Wildman–Crippen MR) is 79.3 cm³/mol. The molecule has 0 aromatic carbocycles. The molecule has 0 saturated carbocycles. The summed E-state index contributed by atoms with van der Waals surface area (Å²) < 4.78 is 0. The van der Waals surface area contributed by atoms with E-state index in [9.17, 15) is 0 Å². The largest absolute Gasteiger partial charge is 0.291 e. The summed E-state index contributed by atoms with van der Waals surface area (Å²) in [6, 6.07) is 0.611. The van der Waals surface area contributed by atoms with Crippen LogP contribution in [-0.4, -0.2) is 35.3 Å². The standard InChI is InChI=1S/C16H28N2/c1-11-13-8-14(15(2,3)4)18(16(5,6)7)10-12(13)9-17-11/h14H,8-10H2,1-7H3. The van der Waals surface area contributed by atoms with Crippen molar-refractivity contribution in [2.75, 3.05) is 13.1 Å². The van der Waals surface area contributed by atoms with Crippen LogP contribution in [0.15, 0.2) is 16.1 Å². The second-order valence-corrected chi connectivity index (χ2v) is 7.87. The average Bonchev–Trinajstić information content (AvgIpc) is 2.56. The Hall–Kier alpha value is -0.630. The Kier molecular flexibility index (Phi) is 3.21. The Morgan fingerprint density at radius 1 is 1.11 bits per heavy atom. The summed E-state index contributed by atoms with van der Waals surface area (Å²) in [5.74, 6) is 0. The van der Waals surface area contributed by atoms with Crippen LogP contribution in [0.4, 0.5) is 0 Å². The van der Waals surface area contributed by atoms with E-state index in [2.05, 4.69) is 58.4 Å². The van der Waals surface area contributed by atoms with E-state index in [1.165, 1.54) is 12.1 Å². The highest BCUT2D eigenvalue weighted by Gasteiger charge is 2.41. The summed E-state index contributed by atoms with van der Waals surface area (Å²) in [5.41, 5.74) is 4.94. The van der Waals surface area contributed by atoms with Gasteiger partial charge in [0.1, 0.15) is 0 Å². The normalized spacial score (nSPS) is 26.4. The molecule has 0 saturated heterocycles. The molecular formula is C16H28N2. The van der Waals surface area contributed by atoms with Crippen LogP contribution in [0.25, 0.3) is 0 Å². The summed E-state index contributed by atoms with van der Waals surface area (Å²) in [4.78, 5) is 7.31. The first-order valence-corrected chi connectivity index (χ1v) is 7.10. The van der Waals surface area contributed by atoms with E-state index < -0.39 is 0 Å². The lowest BCUT2D eigenvalue weighted by molar-refractivity contribution is 0.0246. The third-order valence-electron chi connectivity index (χ3n) is 4.37. The van der Waals surface area contributed by atoms with Gasteiger partial charge in [-0.15, -0.1) is 0 Å². The van der Waals surface area contributed by atoms with Gasteiger partial charge in [-0.3, -0.25) is 9.89 Å². The van der Waals surface area contributed by atoms with Crippen molar-refractivity contribution in [2.24, 2.45) is 10.4 Å². The van der Waals surface area contributed by atoms with Crippen LogP contribution in [-0.2, 0) is 0 Å². The minimum Gasteiger partial charge on any atom is -0.291 e. The monoisotopic (exact) mass is 248 g/mol. The van der Waals surface area contributed by atoms with E-state index in [0.717, 1.165) is 13.1 Å². The van der Waals surface area contributed by atoms with Crippen molar-refractivity contribution >= 4 is 5.71 Å². The molecular weight excluding hydrogens is 220 g/mol. The number of aliphatic imine (C=N–C) groups is 1. The van der Waals surface area contributed by atoms with Crippen molar-refractivity contribution in [1.29, 1.82) is 0 Å². The van der Waals surface area contributed by atoms with Gasteiger partial charge in [0.05, 0.1) is 6.54 Å². The first-order chi connectivity index (χ1) is 8.10. The Bertz CT molecular complexity index is 402. The van der Waals surface area contributed by atoms with Crippen molar-refractivity contribution in [3.8, 4) is 0 Å². The number of rotatable bonds is 0. The van der Waals surface area contributed by atoms with E-state index in [4.69, 9.17) is 0 Å². The van der Waals surface area contributed by atoms with Gasteiger partial charge >= 0.3 is 0 Å². The van der Waals surface area contributed by atoms with Gasteiger partial charge in [-0.1, -0.05) is 20.8 Å². The van der Waals surface area contributed by atoms with Crippen molar-refractivity contribution in [2.45, 2.75) is 66.5 Å². The van der Waals surface area contributed by atoms with Crippen LogP contribution in [0.2, 0.25) is 0 Å². The molecule has 2 heterocycles. The zero-order valence-electron chi connectivity index (χ0n) is 13.1. The van der Waals surface area contributed by atoms with E-state index in [-0.39, 0.29) is 5.54 Å². The van der Waals surface area contributed by atoms with Crippen LogP contribution in [0.1, 0.15) is 54.9 Å². The molecule has 0 bridgehead atoms. The molecule has 0 aliphatic carbocycles. The molecule has 0 aromatic rings. The van der Waals surface area contributed by atoms with Gasteiger partial charge in [-0.2, -0.15) is 0 Å². The molecule has 0 amide bonds. The number of hydrogen-bond donors (Lipinski definition) is 0. The van der Waals surface area contributed by atoms with Crippen LogP contribution in [0.3, 0.4) is 0 Å². The summed E-state index contributed by atoms with van der Waals surface area (Å²) in [7, 11) is 0. The Balaban J connectivity index is 2.35. The quantitative estimate of drug-likeness (QED) is 0.638. The van der Waals surface area contributed by atoms with Gasteiger partial charge in [-0.05, 0) is 50.7 Å². The first kappa shape index (κ1) is 13.8. The van der Waals surface area contributed by atoms with Gasteiger partial charge < -0.3 is 0 Å². The Morgan fingerprint density at radius 3 is 2.22 bits per heavy atom. The van der Waals surface area contributed by atoms with Crippen molar-refractivity contribution in [3.63, 3.8) is 0 Å². The van der Waals surface area contributed by atoms with Gasteiger partial charge in [0.2, 0.25) is 0 Å². The lowest BCUT2D eigenvalue weighted by atomic mass is 9.76. The second kappa shape index (κ2) is 4.19. The summed E-state index contributed by atoms with van der Waals surface area (Å²) in [5, 5.41) is 0. The highest BCUT2D eigenvalue weighted by atomic mass is 15.2. The maximum absolute atomic E-state index is 4.63. The molecule has 0 N–H and O–H groups in total. The maximum Gasteiger partial charge on any atom is 0.0621 e. The van der Waals surface area contributed by atoms with E-state index in [1.54, 1.807) is 11.1 Å². The van der Waals surface area contributed by atoms with Crippen LogP contribution in [0.5, 0.6) is 0 Å². The van der Waals surface area contributed by atoms with Gasteiger partial charge in [0.15, 0.2) is 0 Å². The Labute approximate surface area is 112 Å². The fourth-order valence-electron chi connectivity index (χ4n) is 3.20. The van der Waals surface area contributed by atoms with Crippen LogP contribution < -0.4 is 0 Å². The number of hydrogen-bond acceptors (Lipinski definition) is 2. The fraction of sp³-hybridized carbons (Fsp3) is 0.812. The average molecular weight is 248 g/mol. The minimum atomic E-state index is 0.229. The topological polar surface area (TPSA) is 15.6 Å². The third-order valence-corrected chi connectivity index (χ3v) is 4.37. The van der Waals surface area contributed by atoms with Crippen molar-refractivity contribution in [3.05, 3.63) is 11.1 Å². The third kappa shape index (κ3) is 2.40. The first-order valence-electron chi connectivity index (χ1n) is 7.10. The maximum atomic E-state index is 4.63. The predicted octanol–water partition coefficient (Wildman–Crippen LogP) is 3.68. The number of nitrogens with zero attached hydrogens (tertiary/aromatic N) is 2. The molecule has 18 heavy (non-hydrogen) atoms. The molecule has 2 aliphatic rings. The van der Waals surface area contributed by atoms with E-state index in [0.29, 0.717) is 11.5 Å².